The Labute approximate surface area is 101 Å². The fraction of sp³-hybridized carbons (Fsp3) is 0.417. The highest BCUT2D eigenvalue weighted by atomic mass is 15.1. The van der Waals surface area contributed by atoms with E-state index in [2.05, 4.69) is 26.4 Å². The molecule has 0 aliphatic carbocycles. The van der Waals surface area contributed by atoms with Crippen molar-refractivity contribution < 1.29 is 0 Å². The number of nitrogens with zero attached hydrogens (tertiary/aromatic N) is 4. The molecule has 2 aromatic heterocycles. The van der Waals surface area contributed by atoms with Gasteiger partial charge in [-0.25, -0.2) is 15.0 Å². The number of rotatable bonds is 3. The van der Waals surface area contributed by atoms with Crippen molar-refractivity contribution >= 4 is 5.82 Å². The lowest BCUT2D eigenvalue weighted by molar-refractivity contribution is 0.683. The first-order valence-corrected chi connectivity index (χ1v) is 5.75. The van der Waals surface area contributed by atoms with E-state index in [1.54, 1.807) is 6.20 Å². The molecule has 0 aliphatic rings. The van der Waals surface area contributed by atoms with Crippen LogP contribution in [0.25, 0.3) is 11.5 Å². The predicted octanol–water partition coefficient (Wildman–Crippen LogP) is 1.95. The van der Waals surface area contributed by atoms with Crippen LogP contribution in [0.5, 0.6) is 0 Å². The zero-order chi connectivity index (χ0) is 12.4. The molecular formula is C12H17N5. The normalized spacial score (nSPS) is 10.8. The first kappa shape index (κ1) is 11.6. The van der Waals surface area contributed by atoms with E-state index in [-0.39, 0.29) is 0 Å². The minimum absolute atomic E-state index is 0.526. The molecule has 5 heteroatoms. The first-order chi connectivity index (χ1) is 8.13. The van der Waals surface area contributed by atoms with Crippen molar-refractivity contribution in [2.45, 2.75) is 33.7 Å². The fourth-order valence-electron chi connectivity index (χ4n) is 1.82. The summed E-state index contributed by atoms with van der Waals surface area (Å²) < 4.78 is 2.09. The summed E-state index contributed by atoms with van der Waals surface area (Å²) in [5.74, 6) is 2.06. The smallest absolute Gasteiger partial charge is 0.159 e. The Hall–Kier alpha value is -1.91. The number of hydrogen-bond acceptors (Lipinski definition) is 4. The van der Waals surface area contributed by atoms with Gasteiger partial charge in [-0.15, -0.1) is 0 Å². The summed E-state index contributed by atoms with van der Waals surface area (Å²) in [6, 6.07) is 0. The fourth-order valence-corrected chi connectivity index (χ4v) is 1.82. The average molecular weight is 231 g/mol. The summed E-state index contributed by atoms with van der Waals surface area (Å²) in [4.78, 5) is 13.0. The maximum Gasteiger partial charge on any atom is 0.159 e. The number of anilines is 1. The number of imidazole rings is 1. The van der Waals surface area contributed by atoms with Crippen LogP contribution in [-0.4, -0.2) is 19.5 Å². The van der Waals surface area contributed by atoms with Crippen LogP contribution < -0.4 is 5.73 Å². The number of aryl methyl sites for hydroxylation is 2. The third-order valence-corrected chi connectivity index (χ3v) is 2.69. The molecule has 0 aromatic carbocycles. The average Bonchev–Trinajstić information content (AvgIpc) is 2.72. The van der Waals surface area contributed by atoms with Gasteiger partial charge in [0.2, 0.25) is 0 Å². The van der Waals surface area contributed by atoms with Crippen LogP contribution in [0.1, 0.15) is 24.7 Å². The Morgan fingerprint density at radius 1 is 1.29 bits per heavy atom. The molecule has 0 saturated heterocycles. The third kappa shape index (κ3) is 2.13. The van der Waals surface area contributed by atoms with Crippen molar-refractivity contribution in [3.8, 4) is 11.5 Å². The second-order valence-electron chi connectivity index (χ2n) is 4.07. The molecule has 0 unspecified atom stereocenters. The lowest BCUT2D eigenvalue weighted by Gasteiger charge is -2.10. The zero-order valence-electron chi connectivity index (χ0n) is 10.4. The molecule has 2 aromatic rings. The molecule has 0 radical (unpaired) electrons. The molecule has 0 saturated carbocycles. The van der Waals surface area contributed by atoms with Gasteiger partial charge in [0, 0.05) is 24.5 Å². The molecule has 5 nitrogen and oxygen atoms in total. The number of aromatic nitrogens is 4. The van der Waals surface area contributed by atoms with E-state index in [1.807, 2.05) is 20.0 Å². The van der Waals surface area contributed by atoms with E-state index in [0.29, 0.717) is 11.6 Å². The predicted molar refractivity (Wildman–Crippen MR) is 67.4 cm³/mol. The molecule has 0 bridgehead atoms. The first-order valence-electron chi connectivity index (χ1n) is 5.75. The molecule has 2 N–H and O–H groups in total. The van der Waals surface area contributed by atoms with Crippen LogP contribution in [0.15, 0.2) is 12.4 Å². The van der Waals surface area contributed by atoms with E-state index in [4.69, 9.17) is 5.73 Å². The lowest BCUT2D eigenvalue weighted by atomic mass is 10.2. The molecule has 90 valence electrons. The Kier molecular flexibility index (Phi) is 3.08. The van der Waals surface area contributed by atoms with Crippen molar-refractivity contribution in [2.75, 3.05) is 5.73 Å². The molecule has 2 heterocycles. The molecule has 0 aliphatic heterocycles. The summed E-state index contributed by atoms with van der Waals surface area (Å²) in [6.45, 7) is 6.83. The van der Waals surface area contributed by atoms with Gasteiger partial charge >= 0.3 is 0 Å². The van der Waals surface area contributed by atoms with Gasteiger partial charge in [0.1, 0.15) is 17.3 Å². The molecule has 17 heavy (non-hydrogen) atoms. The van der Waals surface area contributed by atoms with Gasteiger partial charge in [0.05, 0.1) is 0 Å². The number of hydrogen-bond donors (Lipinski definition) is 1. The number of nitrogens with two attached hydrogens (primary N) is 1. The summed E-state index contributed by atoms with van der Waals surface area (Å²) in [7, 11) is 0. The minimum Gasteiger partial charge on any atom is -0.383 e. The van der Waals surface area contributed by atoms with Crippen molar-refractivity contribution in [1.29, 1.82) is 0 Å². The highest BCUT2D eigenvalue weighted by Crippen LogP contribution is 2.22. The van der Waals surface area contributed by atoms with Crippen LogP contribution >= 0.6 is 0 Å². The van der Waals surface area contributed by atoms with Crippen LogP contribution in [-0.2, 0) is 6.54 Å². The molecule has 0 fully saturated rings. The largest absolute Gasteiger partial charge is 0.383 e. The maximum atomic E-state index is 5.86. The topological polar surface area (TPSA) is 69.6 Å². The minimum atomic E-state index is 0.526. The Balaban J connectivity index is 2.56. The molecule has 0 spiro atoms. The van der Waals surface area contributed by atoms with Gasteiger partial charge in [-0.3, -0.25) is 0 Å². The standard InChI is InChI=1S/C12H17N5/c1-4-6-17-7-5-14-12(17)10-8(2)11(13)16-9(3)15-10/h5,7H,4,6H2,1-3H3,(H2,13,15,16). The Bertz CT molecular complexity index is 530. The van der Waals surface area contributed by atoms with Gasteiger partial charge < -0.3 is 10.3 Å². The van der Waals surface area contributed by atoms with Crippen molar-refractivity contribution in [2.24, 2.45) is 0 Å². The highest BCUT2D eigenvalue weighted by molar-refractivity contribution is 5.61. The quantitative estimate of drug-likeness (QED) is 0.876. The molecular weight excluding hydrogens is 214 g/mol. The Morgan fingerprint density at radius 2 is 2.06 bits per heavy atom. The van der Waals surface area contributed by atoms with E-state index >= 15 is 0 Å². The molecule has 0 atom stereocenters. The van der Waals surface area contributed by atoms with Gasteiger partial charge in [0.25, 0.3) is 0 Å². The highest BCUT2D eigenvalue weighted by Gasteiger charge is 2.13. The molecule has 0 amide bonds. The molecule has 2 rings (SSSR count). The maximum absolute atomic E-state index is 5.86. The summed E-state index contributed by atoms with van der Waals surface area (Å²) in [5, 5.41) is 0. The lowest BCUT2D eigenvalue weighted by Crippen LogP contribution is -2.06. The summed E-state index contributed by atoms with van der Waals surface area (Å²) in [5.41, 5.74) is 7.58. The van der Waals surface area contributed by atoms with Gasteiger partial charge in [-0.05, 0) is 20.3 Å². The van der Waals surface area contributed by atoms with Crippen molar-refractivity contribution in [3.05, 3.63) is 23.8 Å². The van der Waals surface area contributed by atoms with Crippen LogP contribution in [0.3, 0.4) is 0 Å². The SMILES string of the molecule is CCCn1ccnc1-c1nc(C)nc(N)c1C. The van der Waals surface area contributed by atoms with Crippen molar-refractivity contribution in [3.63, 3.8) is 0 Å². The summed E-state index contributed by atoms with van der Waals surface area (Å²) in [6.07, 6.45) is 4.81. The third-order valence-electron chi connectivity index (χ3n) is 2.69. The van der Waals surface area contributed by atoms with Crippen LogP contribution in [0.2, 0.25) is 0 Å². The monoisotopic (exact) mass is 231 g/mol. The van der Waals surface area contributed by atoms with E-state index in [0.717, 1.165) is 30.0 Å². The van der Waals surface area contributed by atoms with Crippen molar-refractivity contribution in [1.82, 2.24) is 19.5 Å². The van der Waals surface area contributed by atoms with Gasteiger partial charge in [-0.2, -0.15) is 0 Å². The Morgan fingerprint density at radius 3 is 2.76 bits per heavy atom. The van der Waals surface area contributed by atoms with E-state index < -0.39 is 0 Å². The zero-order valence-corrected chi connectivity index (χ0v) is 10.4. The second-order valence-corrected chi connectivity index (χ2v) is 4.07. The van der Waals surface area contributed by atoms with Gasteiger partial charge in [0.15, 0.2) is 5.82 Å². The van der Waals surface area contributed by atoms with Gasteiger partial charge in [-0.1, -0.05) is 6.92 Å². The van der Waals surface area contributed by atoms with Crippen LogP contribution in [0.4, 0.5) is 5.82 Å². The van der Waals surface area contributed by atoms with E-state index in [1.165, 1.54) is 0 Å². The number of nitrogen functional groups attached to an aromatic ring is 1. The van der Waals surface area contributed by atoms with E-state index in [9.17, 15) is 0 Å². The van der Waals surface area contributed by atoms with Crippen LogP contribution in [0, 0.1) is 13.8 Å². The summed E-state index contributed by atoms with van der Waals surface area (Å²) >= 11 is 0. The second kappa shape index (κ2) is 4.53.